The van der Waals surface area contributed by atoms with E-state index in [0.717, 1.165) is 6.08 Å². The fraction of sp³-hybridized carbons (Fsp3) is 0.471. The van der Waals surface area contributed by atoms with Gasteiger partial charge in [0.2, 0.25) is 0 Å². The zero-order valence-corrected chi connectivity index (χ0v) is 14.3. The van der Waals surface area contributed by atoms with Crippen molar-refractivity contribution in [3.8, 4) is 0 Å². The van der Waals surface area contributed by atoms with E-state index in [9.17, 15) is 14.4 Å². The molecule has 0 aliphatic heterocycles. The van der Waals surface area contributed by atoms with Gasteiger partial charge in [0, 0.05) is 6.08 Å². The van der Waals surface area contributed by atoms with Gasteiger partial charge in [-0.25, -0.2) is 4.79 Å². The Hall–Kier alpha value is -2.41. The lowest BCUT2D eigenvalue weighted by Gasteiger charge is -2.28. The van der Waals surface area contributed by atoms with Crippen LogP contribution >= 0.6 is 0 Å². The highest BCUT2D eigenvalue weighted by Crippen LogP contribution is 2.06. The molecule has 0 aromatic carbocycles. The van der Waals surface area contributed by atoms with Crippen molar-refractivity contribution in [2.75, 3.05) is 27.7 Å². The van der Waals surface area contributed by atoms with Crippen LogP contribution in [0.25, 0.3) is 0 Å². The molecule has 0 aromatic heterocycles. The Morgan fingerprint density at radius 3 is 2.21 bits per heavy atom. The molecule has 0 amide bonds. The predicted molar refractivity (Wildman–Crippen MR) is 89.3 cm³/mol. The third kappa shape index (κ3) is 14.5. The number of quaternary nitrogens is 1. The number of carbonyl (C=O) groups excluding carboxylic acids is 1. The number of carboxylic acid groups (broad SMARTS) is 2. The Kier molecular flexibility index (Phi) is 10.1. The Labute approximate surface area is 142 Å². The third-order valence-corrected chi connectivity index (χ3v) is 2.65. The zero-order valence-electron chi connectivity index (χ0n) is 14.3. The first-order chi connectivity index (χ1) is 11.1. The molecular weight excluding hydrogens is 314 g/mol. The number of esters is 1. The number of hydrogen-bond donors (Lipinski definition) is 2. The smallest absolute Gasteiger partial charge is 0.327 e. The average molecular weight is 340 g/mol. The molecule has 1 atom stereocenters. The maximum Gasteiger partial charge on any atom is 0.327 e. The number of nitrogens with zero attached hydrogens (tertiary/aromatic N) is 1. The molecule has 2 N–H and O–H groups in total. The second-order valence-corrected chi connectivity index (χ2v) is 6.22. The van der Waals surface area contributed by atoms with Crippen LogP contribution in [0.15, 0.2) is 36.5 Å². The van der Waals surface area contributed by atoms with Crippen molar-refractivity contribution < 1.29 is 33.8 Å². The normalized spacial score (nSPS) is 13.6. The van der Waals surface area contributed by atoms with E-state index in [4.69, 9.17) is 14.9 Å². The van der Waals surface area contributed by atoms with Crippen LogP contribution in [0, 0.1) is 0 Å². The summed E-state index contributed by atoms with van der Waals surface area (Å²) in [6.07, 6.45) is 8.88. The molecule has 7 heteroatoms. The summed E-state index contributed by atoms with van der Waals surface area (Å²) in [6.45, 7) is 0.414. The quantitative estimate of drug-likeness (QED) is 0.256. The highest BCUT2D eigenvalue weighted by Gasteiger charge is 2.24. The lowest BCUT2D eigenvalue weighted by atomic mass is 10.2. The van der Waals surface area contributed by atoms with Crippen molar-refractivity contribution in [2.24, 2.45) is 0 Å². The molecule has 0 fully saturated rings. The Morgan fingerprint density at radius 1 is 1.04 bits per heavy atom. The fourth-order valence-corrected chi connectivity index (χ4v) is 1.83. The molecular formula is C17H26NO6+. The van der Waals surface area contributed by atoms with E-state index >= 15 is 0 Å². The van der Waals surface area contributed by atoms with Gasteiger partial charge in [0.1, 0.15) is 6.54 Å². The van der Waals surface area contributed by atoms with Gasteiger partial charge in [0.25, 0.3) is 0 Å². The zero-order chi connectivity index (χ0) is 18.6. The van der Waals surface area contributed by atoms with Gasteiger partial charge < -0.3 is 19.4 Å². The fourth-order valence-electron chi connectivity index (χ4n) is 1.83. The minimum absolute atomic E-state index is 0.0442. The summed E-state index contributed by atoms with van der Waals surface area (Å²) in [5.74, 6) is -2.48. The SMILES string of the molecule is C[N+](C)(C)CC(CC(=O)O)OC(=O)C/C=C/C=C/C/C=C/C(=O)O. The molecule has 0 saturated heterocycles. The molecule has 0 rings (SSSR count). The van der Waals surface area contributed by atoms with E-state index in [0.29, 0.717) is 17.4 Å². The van der Waals surface area contributed by atoms with Crippen LogP contribution in [0.2, 0.25) is 0 Å². The van der Waals surface area contributed by atoms with Crippen LogP contribution < -0.4 is 0 Å². The summed E-state index contributed by atoms with van der Waals surface area (Å²) in [5, 5.41) is 17.3. The Bertz CT molecular complexity index is 514. The van der Waals surface area contributed by atoms with Gasteiger partial charge in [-0.05, 0) is 6.42 Å². The number of rotatable bonds is 11. The maximum atomic E-state index is 11.8. The minimum Gasteiger partial charge on any atom is -0.481 e. The number of aliphatic carboxylic acids is 2. The van der Waals surface area contributed by atoms with E-state index in [1.165, 1.54) is 6.08 Å². The van der Waals surface area contributed by atoms with E-state index < -0.39 is 24.0 Å². The summed E-state index contributed by atoms with van der Waals surface area (Å²) < 4.78 is 5.72. The Balaban J connectivity index is 4.28. The van der Waals surface area contributed by atoms with Crippen LogP contribution in [-0.2, 0) is 19.1 Å². The Morgan fingerprint density at radius 2 is 1.67 bits per heavy atom. The number of hydrogen-bond acceptors (Lipinski definition) is 4. The number of carboxylic acids is 2. The molecule has 0 heterocycles. The highest BCUT2D eigenvalue weighted by molar-refractivity contribution is 5.79. The summed E-state index contributed by atoms with van der Waals surface area (Å²) in [5.41, 5.74) is 0. The van der Waals surface area contributed by atoms with Gasteiger partial charge >= 0.3 is 17.9 Å². The monoisotopic (exact) mass is 340 g/mol. The molecule has 7 nitrogen and oxygen atoms in total. The van der Waals surface area contributed by atoms with E-state index in [1.54, 1.807) is 24.3 Å². The van der Waals surface area contributed by atoms with Gasteiger partial charge in [-0.15, -0.1) is 0 Å². The summed E-state index contributed by atoms with van der Waals surface area (Å²) in [7, 11) is 5.69. The van der Waals surface area contributed by atoms with E-state index in [-0.39, 0.29) is 12.8 Å². The van der Waals surface area contributed by atoms with Crippen molar-refractivity contribution in [3.63, 3.8) is 0 Å². The molecule has 0 spiro atoms. The largest absolute Gasteiger partial charge is 0.481 e. The molecule has 0 radical (unpaired) electrons. The second-order valence-electron chi connectivity index (χ2n) is 6.22. The lowest BCUT2D eigenvalue weighted by Crippen LogP contribution is -2.43. The molecule has 0 bridgehead atoms. The topological polar surface area (TPSA) is 101 Å². The number of ether oxygens (including phenoxy) is 1. The summed E-state index contributed by atoms with van der Waals surface area (Å²) in [6, 6.07) is 0. The molecule has 0 aliphatic rings. The van der Waals surface area contributed by atoms with Gasteiger partial charge in [-0.2, -0.15) is 0 Å². The van der Waals surface area contributed by atoms with Crippen molar-refractivity contribution in [1.29, 1.82) is 0 Å². The number of carbonyl (C=O) groups is 3. The van der Waals surface area contributed by atoms with Crippen LogP contribution in [0.4, 0.5) is 0 Å². The third-order valence-electron chi connectivity index (χ3n) is 2.65. The van der Waals surface area contributed by atoms with Gasteiger partial charge in [-0.3, -0.25) is 9.59 Å². The van der Waals surface area contributed by atoms with Crippen molar-refractivity contribution in [3.05, 3.63) is 36.5 Å². The van der Waals surface area contributed by atoms with Crippen molar-refractivity contribution >= 4 is 17.9 Å². The maximum absolute atomic E-state index is 11.8. The highest BCUT2D eigenvalue weighted by atomic mass is 16.5. The molecule has 0 saturated carbocycles. The van der Waals surface area contributed by atoms with E-state index in [1.807, 2.05) is 21.1 Å². The predicted octanol–water partition coefficient (Wildman–Crippen LogP) is 1.61. The minimum atomic E-state index is -1.01. The van der Waals surface area contributed by atoms with Gasteiger partial charge in [0.05, 0.1) is 34.0 Å². The molecule has 0 aromatic rings. The summed E-state index contributed by atoms with van der Waals surface area (Å²) in [4.78, 5) is 32.8. The molecule has 24 heavy (non-hydrogen) atoms. The first kappa shape index (κ1) is 21.6. The van der Waals surface area contributed by atoms with Gasteiger partial charge in [0.15, 0.2) is 6.10 Å². The molecule has 134 valence electrons. The first-order valence-electron chi connectivity index (χ1n) is 7.53. The van der Waals surface area contributed by atoms with Crippen LogP contribution in [0.1, 0.15) is 19.3 Å². The second kappa shape index (κ2) is 11.2. The first-order valence-corrected chi connectivity index (χ1v) is 7.53. The van der Waals surface area contributed by atoms with Crippen LogP contribution in [-0.4, -0.2) is 66.4 Å². The standard InChI is InChI=1S/C17H25NO6/c1-18(2,3)13-14(12-16(21)22)24-17(23)11-9-7-5-4-6-8-10-15(19)20/h4-5,7-10,14H,6,11-13H2,1-3H3,(H-,19,20,21,22)/p+1/b5-4+,9-7+,10-8+. The average Bonchev–Trinajstić information content (AvgIpc) is 2.38. The van der Waals surface area contributed by atoms with Gasteiger partial charge in [-0.1, -0.05) is 30.4 Å². The van der Waals surface area contributed by atoms with Crippen LogP contribution in [0.3, 0.4) is 0 Å². The van der Waals surface area contributed by atoms with Crippen molar-refractivity contribution in [2.45, 2.75) is 25.4 Å². The summed E-state index contributed by atoms with van der Waals surface area (Å²) >= 11 is 0. The molecule has 0 aliphatic carbocycles. The number of allylic oxidation sites excluding steroid dienone is 4. The van der Waals surface area contributed by atoms with Crippen LogP contribution in [0.5, 0.6) is 0 Å². The van der Waals surface area contributed by atoms with E-state index in [2.05, 4.69) is 0 Å². The van der Waals surface area contributed by atoms with Crippen molar-refractivity contribution in [1.82, 2.24) is 0 Å². The number of likely N-dealkylation sites (N-methyl/N-ethyl adjacent to an activating group) is 1. The molecule has 1 unspecified atom stereocenters. The lowest BCUT2D eigenvalue weighted by molar-refractivity contribution is -0.873.